The number of carbonyl (C=O) groups is 1. The number of anilines is 1. The number of aryl methyl sites for hydroxylation is 2. The molecule has 4 aromatic rings. The Hall–Kier alpha value is -3.32. The summed E-state index contributed by atoms with van der Waals surface area (Å²) in [6, 6.07) is 15.7. The van der Waals surface area contributed by atoms with E-state index >= 15 is 0 Å². The van der Waals surface area contributed by atoms with Crippen LogP contribution in [0.15, 0.2) is 63.9 Å². The minimum absolute atomic E-state index is 0.167. The summed E-state index contributed by atoms with van der Waals surface area (Å²) in [6.07, 6.45) is 0.825. The maximum Gasteiger partial charge on any atom is 0.342 e. The minimum Gasteiger partial charge on any atom is -0.465 e. The molecule has 0 amide bonds. The van der Waals surface area contributed by atoms with E-state index in [1.54, 1.807) is 37.3 Å². The van der Waals surface area contributed by atoms with Crippen molar-refractivity contribution in [2.75, 3.05) is 11.8 Å². The Balaban J connectivity index is 1.91. The molecule has 3 aromatic carbocycles. The van der Waals surface area contributed by atoms with Crippen molar-refractivity contribution in [2.24, 2.45) is 0 Å². The van der Waals surface area contributed by atoms with E-state index in [1.165, 1.54) is 7.11 Å². The number of nitrogens with one attached hydrogen (secondary N) is 1. The lowest BCUT2D eigenvalue weighted by molar-refractivity contribution is 0.0600. The van der Waals surface area contributed by atoms with Crippen LogP contribution in [0, 0.1) is 6.92 Å². The Morgan fingerprint density at radius 3 is 2.33 bits per heavy atom. The molecule has 0 unspecified atom stereocenters. The van der Waals surface area contributed by atoms with Gasteiger partial charge in [0, 0.05) is 16.2 Å². The fraction of sp³-hybridized carbons (Fsp3) is 0.174. The first-order valence-corrected chi connectivity index (χ1v) is 11.0. The van der Waals surface area contributed by atoms with Crippen LogP contribution in [0.5, 0.6) is 0 Å². The first-order chi connectivity index (χ1) is 14.4. The van der Waals surface area contributed by atoms with Crippen LogP contribution in [0.4, 0.5) is 5.69 Å². The summed E-state index contributed by atoms with van der Waals surface area (Å²) >= 11 is 0. The van der Waals surface area contributed by atoms with E-state index in [4.69, 9.17) is 9.15 Å². The highest BCUT2D eigenvalue weighted by atomic mass is 32.2. The van der Waals surface area contributed by atoms with Crippen molar-refractivity contribution < 1.29 is 22.4 Å². The standard InChI is InChI=1S/C23H21NO5S/c1-4-15-9-11-16(12-10-15)30(26,27)24-20-13-19-21(23(25)28-3)14(2)29-22(19)18-8-6-5-7-17(18)20/h5-13,24H,4H2,1-3H3. The van der Waals surface area contributed by atoms with Gasteiger partial charge in [-0.05, 0) is 37.1 Å². The Bertz CT molecular complexity index is 1370. The molecule has 0 radical (unpaired) electrons. The van der Waals surface area contributed by atoms with Crippen LogP contribution in [0.1, 0.15) is 28.6 Å². The molecule has 0 saturated carbocycles. The van der Waals surface area contributed by atoms with E-state index in [0.717, 1.165) is 12.0 Å². The fourth-order valence-electron chi connectivity index (χ4n) is 3.59. The predicted octanol–water partition coefficient (Wildman–Crippen LogP) is 5.04. The van der Waals surface area contributed by atoms with E-state index in [1.807, 2.05) is 31.2 Å². The van der Waals surface area contributed by atoms with Gasteiger partial charge < -0.3 is 9.15 Å². The minimum atomic E-state index is -3.83. The topological polar surface area (TPSA) is 85.6 Å². The summed E-state index contributed by atoms with van der Waals surface area (Å²) in [7, 11) is -2.53. The summed E-state index contributed by atoms with van der Waals surface area (Å²) in [6.45, 7) is 3.69. The van der Waals surface area contributed by atoms with Gasteiger partial charge in [0.05, 0.1) is 17.7 Å². The molecule has 0 bridgehead atoms. The van der Waals surface area contributed by atoms with Gasteiger partial charge in [-0.3, -0.25) is 4.72 Å². The summed E-state index contributed by atoms with van der Waals surface area (Å²) in [5, 5.41) is 1.87. The molecule has 1 N–H and O–H groups in total. The third-order valence-corrected chi connectivity index (χ3v) is 6.53. The highest BCUT2D eigenvalue weighted by Crippen LogP contribution is 2.37. The van der Waals surface area contributed by atoms with E-state index in [9.17, 15) is 13.2 Å². The van der Waals surface area contributed by atoms with Gasteiger partial charge in [0.1, 0.15) is 16.9 Å². The molecule has 1 aromatic heterocycles. The van der Waals surface area contributed by atoms with Gasteiger partial charge in [-0.25, -0.2) is 13.2 Å². The molecular formula is C23H21NO5S. The molecule has 4 rings (SSSR count). The van der Waals surface area contributed by atoms with Crippen molar-refractivity contribution in [3.05, 3.63) is 71.5 Å². The lowest BCUT2D eigenvalue weighted by atomic mass is 10.0. The van der Waals surface area contributed by atoms with Crippen LogP contribution in [-0.2, 0) is 21.2 Å². The van der Waals surface area contributed by atoms with Crippen LogP contribution >= 0.6 is 0 Å². The van der Waals surface area contributed by atoms with Gasteiger partial charge in [0.25, 0.3) is 10.0 Å². The van der Waals surface area contributed by atoms with Crippen LogP contribution in [-0.4, -0.2) is 21.5 Å². The molecule has 0 fully saturated rings. The lowest BCUT2D eigenvalue weighted by Gasteiger charge is -2.12. The van der Waals surface area contributed by atoms with E-state index in [2.05, 4.69) is 4.72 Å². The van der Waals surface area contributed by atoms with Crippen molar-refractivity contribution in [3.8, 4) is 0 Å². The second kappa shape index (κ2) is 7.50. The zero-order chi connectivity index (χ0) is 21.5. The van der Waals surface area contributed by atoms with Crippen LogP contribution in [0.25, 0.3) is 21.7 Å². The van der Waals surface area contributed by atoms with Crippen LogP contribution in [0.3, 0.4) is 0 Å². The SMILES string of the molecule is CCc1ccc(S(=O)(=O)Nc2cc3c(C(=O)OC)c(C)oc3c3ccccc23)cc1. The number of esters is 1. The maximum absolute atomic E-state index is 13.0. The van der Waals surface area contributed by atoms with Gasteiger partial charge >= 0.3 is 5.97 Å². The van der Waals surface area contributed by atoms with Gasteiger partial charge in [-0.2, -0.15) is 0 Å². The zero-order valence-corrected chi connectivity index (χ0v) is 17.7. The molecule has 0 saturated heterocycles. The van der Waals surface area contributed by atoms with E-state index in [-0.39, 0.29) is 10.5 Å². The summed E-state index contributed by atoms with van der Waals surface area (Å²) in [5.74, 6) is -0.123. The smallest absolute Gasteiger partial charge is 0.342 e. The number of sulfonamides is 1. The third kappa shape index (κ3) is 3.31. The molecule has 0 aliphatic heterocycles. The number of rotatable bonds is 5. The highest BCUT2D eigenvalue weighted by Gasteiger charge is 2.23. The number of methoxy groups -OCH3 is 1. The average molecular weight is 423 g/mol. The Labute approximate surface area is 174 Å². The van der Waals surface area contributed by atoms with Crippen molar-refractivity contribution in [1.82, 2.24) is 0 Å². The summed E-state index contributed by atoms with van der Waals surface area (Å²) in [4.78, 5) is 12.5. The van der Waals surface area contributed by atoms with Gasteiger partial charge in [0.15, 0.2) is 0 Å². The quantitative estimate of drug-likeness (QED) is 0.454. The van der Waals surface area contributed by atoms with Gasteiger partial charge in [-0.15, -0.1) is 0 Å². The predicted molar refractivity (Wildman–Crippen MR) is 116 cm³/mol. The molecule has 30 heavy (non-hydrogen) atoms. The van der Waals surface area contributed by atoms with Crippen molar-refractivity contribution in [1.29, 1.82) is 0 Å². The third-order valence-electron chi connectivity index (χ3n) is 5.15. The number of furan rings is 1. The first kappa shape index (κ1) is 20.0. The molecule has 0 atom stereocenters. The molecule has 1 heterocycles. The number of ether oxygens (including phenoxy) is 1. The maximum atomic E-state index is 13.0. The largest absolute Gasteiger partial charge is 0.465 e. The van der Waals surface area contributed by atoms with Gasteiger partial charge in [-0.1, -0.05) is 43.3 Å². The van der Waals surface area contributed by atoms with E-state index < -0.39 is 16.0 Å². The van der Waals surface area contributed by atoms with Crippen molar-refractivity contribution >= 4 is 43.4 Å². The highest BCUT2D eigenvalue weighted by molar-refractivity contribution is 7.92. The normalized spacial score (nSPS) is 11.7. The zero-order valence-electron chi connectivity index (χ0n) is 16.9. The molecule has 7 heteroatoms. The van der Waals surface area contributed by atoms with Crippen LogP contribution < -0.4 is 4.72 Å². The molecule has 0 spiro atoms. The number of carbonyl (C=O) groups excluding carboxylic acids is 1. The average Bonchev–Trinajstić information content (AvgIpc) is 3.09. The van der Waals surface area contributed by atoms with Gasteiger partial charge in [0.2, 0.25) is 0 Å². The number of benzene rings is 3. The first-order valence-electron chi connectivity index (χ1n) is 9.50. The second-order valence-corrected chi connectivity index (χ2v) is 8.66. The van der Waals surface area contributed by atoms with E-state index in [0.29, 0.717) is 33.2 Å². The monoisotopic (exact) mass is 423 g/mol. The Kier molecular flexibility index (Phi) is 4.99. The fourth-order valence-corrected chi connectivity index (χ4v) is 4.66. The lowest BCUT2D eigenvalue weighted by Crippen LogP contribution is -2.13. The molecule has 6 nitrogen and oxygen atoms in total. The Morgan fingerprint density at radius 2 is 1.70 bits per heavy atom. The summed E-state index contributed by atoms with van der Waals surface area (Å²) < 4.78 is 39.5. The molecule has 0 aliphatic carbocycles. The van der Waals surface area contributed by atoms with Crippen molar-refractivity contribution in [3.63, 3.8) is 0 Å². The molecule has 154 valence electrons. The summed E-state index contributed by atoms with van der Waals surface area (Å²) in [5.41, 5.74) is 2.21. The van der Waals surface area contributed by atoms with Crippen molar-refractivity contribution in [2.45, 2.75) is 25.2 Å². The number of fused-ring (bicyclic) bond motifs is 3. The molecule has 0 aliphatic rings. The molecular weight excluding hydrogens is 402 g/mol. The number of hydrogen-bond donors (Lipinski definition) is 1. The van der Waals surface area contributed by atoms with Crippen LogP contribution in [0.2, 0.25) is 0 Å². The Morgan fingerprint density at radius 1 is 1.03 bits per heavy atom. The second-order valence-electron chi connectivity index (χ2n) is 6.97. The number of hydrogen-bond acceptors (Lipinski definition) is 5.